The van der Waals surface area contributed by atoms with E-state index in [0.717, 1.165) is 5.56 Å². The standard InChI is InChI=1S/C21H32N4O6S/c1-12(2)8-15(21(30)31)23-20(29)17(11-32)25-19(28)16(10-26)24-18(27)14(22)9-13-6-4-3-5-7-13/h3-7,12,14-17,26,32H,8-11,22H2,1-2H3,(H,23,29)(H,24,27)(H,25,28)(H,30,31). The Hall–Kier alpha value is -2.63. The van der Waals surface area contributed by atoms with E-state index in [0.29, 0.717) is 0 Å². The van der Waals surface area contributed by atoms with Crippen molar-refractivity contribution in [2.45, 2.75) is 50.9 Å². The van der Waals surface area contributed by atoms with Gasteiger partial charge in [-0.1, -0.05) is 44.2 Å². The van der Waals surface area contributed by atoms with Gasteiger partial charge in [0.15, 0.2) is 0 Å². The number of amides is 3. The topological polar surface area (TPSA) is 171 Å². The summed E-state index contributed by atoms with van der Waals surface area (Å²) in [4.78, 5) is 48.7. The van der Waals surface area contributed by atoms with Crippen LogP contribution in [-0.2, 0) is 25.6 Å². The number of hydrogen-bond donors (Lipinski definition) is 7. The van der Waals surface area contributed by atoms with E-state index in [9.17, 15) is 29.4 Å². The summed E-state index contributed by atoms with van der Waals surface area (Å²) in [5.74, 6) is -3.48. The number of aliphatic hydroxyl groups is 1. The van der Waals surface area contributed by atoms with Gasteiger partial charge in [-0.15, -0.1) is 0 Å². The normalized spacial score (nSPS) is 14.7. The smallest absolute Gasteiger partial charge is 0.326 e. The quantitative estimate of drug-likeness (QED) is 0.183. The Morgan fingerprint density at radius 3 is 1.97 bits per heavy atom. The molecular weight excluding hydrogens is 436 g/mol. The van der Waals surface area contributed by atoms with E-state index in [-0.39, 0.29) is 24.5 Å². The maximum absolute atomic E-state index is 12.5. The molecule has 0 aromatic heterocycles. The highest BCUT2D eigenvalue weighted by molar-refractivity contribution is 7.80. The zero-order valence-corrected chi connectivity index (χ0v) is 19.0. The third-order valence-corrected chi connectivity index (χ3v) is 4.95. The lowest BCUT2D eigenvalue weighted by Crippen LogP contribution is -2.58. The molecule has 1 rings (SSSR count). The fourth-order valence-electron chi connectivity index (χ4n) is 2.87. The van der Waals surface area contributed by atoms with Crippen molar-refractivity contribution < 1.29 is 29.4 Å². The van der Waals surface area contributed by atoms with Crippen molar-refractivity contribution in [1.29, 1.82) is 0 Å². The highest BCUT2D eigenvalue weighted by Gasteiger charge is 2.29. The molecule has 0 radical (unpaired) electrons. The average Bonchev–Trinajstić information content (AvgIpc) is 2.74. The number of hydrogen-bond acceptors (Lipinski definition) is 7. The average molecular weight is 469 g/mol. The summed E-state index contributed by atoms with van der Waals surface area (Å²) in [6, 6.07) is 4.49. The molecule has 1 aromatic carbocycles. The van der Waals surface area contributed by atoms with Crippen LogP contribution >= 0.6 is 12.6 Å². The number of aliphatic carboxylic acids is 1. The zero-order chi connectivity index (χ0) is 24.3. The molecule has 0 fully saturated rings. The molecule has 0 heterocycles. The second kappa shape index (κ2) is 13.7. The van der Waals surface area contributed by atoms with Crippen molar-refractivity contribution in [2.24, 2.45) is 11.7 Å². The number of benzene rings is 1. The molecule has 4 unspecified atom stereocenters. The van der Waals surface area contributed by atoms with Gasteiger partial charge in [0.2, 0.25) is 17.7 Å². The van der Waals surface area contributed by atoms with Gasteiger partial charge in [0.25, 0.3) is 0 Å². The van der Waals surface area contributed by atoms with Crippen LogP contribution in [0, 0.1) is 5.92 Å². The highest BCUT2D eigenvalue weighted by Crippen LogP contribution is 2.06. The Kier molecular flexibility index (Phi) is 11.7. The van der Waals surface area contributed by atoms with Crippen LogP contribution in [0.25, 0.3) is 0 Å². The van der Waals surface area contributed by atoms with Crippen molar-refractivity contribution in [3.05, 3.63) is 35.9 Å². The lowest BCUT2D eigenvalue weighted by molar-refractivity contribution is -0.142. The van der Waals surface area contributed by atoms with Crippen LogP contribution in [0.5, 0.6) is 0 Å². The van der Waals surface area contributed by atoms with Crippen LogP contribution in [0.2, 0.25) is 0 Å². The molecule has 0 saturated carbocycles. The number of rotatable bonds is 13. The second-order valence-corrected chi connectivity index (χ2v) is 8.18. The third kappa shape index (κ3) is 9.25. The minimum Gasteiger partial charge on any atom is -0.480 e. The predicted molar refractivity (Wildman–Crippen MR) is 122 cm³/mol. The van der Waals surface area contributed by atoms with E-state index >= 15 is 0 Å². The summed E-state index contributed by atoms with van der Waals surface area (Å²) in [6.45, 7) is 2.91. The van der Waals surface area contributed by atoms with Crippen LogP contribution < -0.4 is 21.7 Å². The molecule has 7 N–H and O–H groups in total. The number of aliphatic hydroxyl groups excluding tert-OH is 1. The Labute approximate surface area is 192 Å². The Bertz CT molecular complexity index is 777. The zero-order valence-electron chi connectivity index (χ0n) is 18.2. The van der Waals surface area contributed by atoms with Crippen molar-refractivity contribution in [2.75, 3.05) is 12.4 Å². The summed E-state index contributed by atoms with van der Waals surface area (Å²) in [5.41, 5.74) is 6.73. The van der Waals surface area contributed by atoms with Gasteiger partial charge in [0.05, 0.1) is 12.6 Å². The van der Waals surface area contributed by atoms with E-state index < -0.39 is 54.5 Å². The number of nitrogens with two attached hydrogens (primary N) is 1. The van der Waals surface area contributed by atoms with Crippen LogP contribution in [0.4, 0.5) is 0 Å². The van der Waals surface area contributed by atoms with Crippen molar-refractivity contribution in [1.82, 2.24) is 16.0 Å². The first-order valence-electron chi connectivity index (χ1n) is 10.2. The number of carboxylic acids is 1. The van der Waals surface area contributed by atoms with Crippen molar-refractivity contribution >= 4 is 36.3 Å². The Balaban J connectivity index is 2.70. The fraction of sp³-hybridized carbons (Fsp3) is 0.524. The molecule has 0 aliphatic heterocycles. The molecule has 4 atom stereocenters. The van der Waals surface area contributed by atoms with Gasteiger partial charge in [0.1, 0.15) is 18.1 Å². The minimum absolute atomic E-state index is 0.0227. The van der Waals surface area contributed by atoms with Gasteiger partial charge in [-0.25, -0.2) is 4.79 Å². The van der Waals surface area contributed by atoms with Gasteiger partial charge in [-0.2, -0.15) is 12.6 Å². The molecule has 10 nitrogen and oxygen atoms in total. The number of thiol groups is 1. The first kappa shape index (κ1) is 27.4. The Morgan fingerprint density at radius 2 is 1.47 bits per heavy atom. The van der Waals surface area contributed by atoms with Gasteiger partial charge in [0, 0.05) is 5.75 Å². The summed E-state index contributed by atoms with van der Waals surface area (Å²) >= 11 is 4.04. The van der Waals surface area contributed by atoms with Gasteiger partial charge in [-0.3, -0.25) is 14.4 Å². The van der Waals surface area contributed by atoms with E-state index in [1.807, 2.05) is 44.2 Å². The first-order valence-corrected chi connectivity index (χ1v) is 10.9. The number of carbonyl (C=O) groups excluding carboxylic acids is 3. The lowest BCUT2D eigenvalue weighted by Gasteiger charge is -2.24. The molecule has 32 heavy (non-hydrogen) atoms. The molecule has 0 bridgehead atoms. The van der Waals surface area contributed by atoms with Crippen LogP contribution in [0.15, 0.2) is 30.3 Å². The SMILES string of the molecule is CC(C)CC(NC(=O)C(CS)NC(=O)C(CO)NC(=O)C(N)Cc1ccccc1)C(=O)O. The van der Waals surface area contributed by atoms with Crippen molar-refractivity contribution in [3.63, 3.8) is 0 Å². The first-order chi connectivity index (χ1) is 15.1. The van der Waals surface area contributed by atoms with Crippen molar-refractivity contribution in [3.8, 4) is 0 Å². The van der Waals surface area contributed by atoms with Crippen LogP contribution in [0.3, 0.4) is 0 Å². The maximum atomic E-state index is 12.5. The highest BCUT2D eigenvalue weighted by atomic mass is 32.1. The van der Waals surface area contributed by atoms with Crippen LogP contribution in [-0.4, -0.2) is 70.4 Å². The molecule has 0 aliphatic rings. The van der Waals surface area contributed by atoms with E-state index in [1.54, 1.807) is 0 Å². The lowest BCUT2D eigenvalue weighted by atomic mass is 10.0. The van der Waals surface area contributed by atoms with E-state index in [4.69, 9.17) is 5.73 Å². The van der Waals surface area contributed by atoms with E-state index in [2.05, 4.69) is 28.6 Å². The summed E-state index contributed by atoms with van der Waals surface area (Å²) in [6.07, 6.45) is 0.448. The third-order valence-electron chi connectivity index (χ3n) is 4.59. The Morgan fingerprint density at radius 1 is 0.938 bits per heavy atom. The molecule has 0 spiro atoms. The fourth-order valence-corrected chi connectivity index (χ4v) is 3.12. The molecule has 0 saturated heterocycles. The monoisotopic (exact) mass is 468 g/mol. The number of carboxylic acid groups (broad SMARTS) is 1. The van der Waals surface area contributed by atoms with Crippen LogP contribution in [0.1, 0.15) is 25.8 Å². The largest absolute Gasteiger partial charge is 0.480 e. The van der Waals surface area contributed by atoms with E-state index in [1.165, 1.54) is 0 Å². The molecule has 178 valence electrons. The summed E-state index contributed by atoms with van der Waals surface area (Å²) < 4.78 is 0. The molecular formula is C21H32N4O6S. The maximum Gasteiger partial charge on any atom is 0.326 e. The predicted octanol–water partition coefficient (Wildman–Crippen LogP) is -0.936. The summed E-state index contributed by atoms with van der Waals surface area (Å²) in [5, 5.41) is 25.9. The second-order valence-electron chi connectivity index (χ2n) is 7.81. The number of nitrogens with one attached hydrogen (secondary N) is 3. The summed E-state index contributed by atoms with van der Waals surface area (Å²) in [7, 11) is 0. The molecule has 0 aliphatic carbocycles. The van der Waals surface area contributed by atoms with Gasteiger partial charge < -0.3 is 31.9 Å². The van der Waals surface area contributed by atoms with Gasteiger partial charge >= 0.3 is 5.97 Å². The molecule has 1 aromatic rings. The molecule has 11 heteroatoms. The molecule has 3 amide bonds. The minimum atomic E-state index is -1.34. The number of carbonyl (C=O) groups is 4. The van der Waals surface area contributed by atoms with Gasteiger partial charge in [-0.05, 0) is 24.3 Å².